The molecule has 0 bridgehead atoms. The van der Waals surface area contributed by atoms with E-state index in [0.717, 1.165) is 5.57 Å². The van der Waals surface area contributed by atoms with Crippen LogP contribution in [0.3, 0.4) is 0 Å². The number of carbonyl (C=O) groups is 2. The standard InChI is InChI=1S/C24H31FO6/c1-20(2)30-19-10-16-15-6-5-13-9-14(27)7-8-21(13,3)23(15,25)17(28)11-22(16,4)24(19,31-20)18(29)12-26/h7-9,15-17,19,26,28H,5-6,10-12H2,1-4H3/t15-,16-,17-,19+,21-,22-,23-,24?/m0/s1/i1+1,2+1,20+1. The van der Waals surface area contributed by atoms with Gasteiger partial charge in [-0.05, 0) is 64.5 Å². The molecule has 0 aromatic rings. The van der Waals surface area contributed by atoms with Gasteiger partial charge in [0.25, 0.3) is 0 Å². The number of allylic oxidation sites excluding steroid dienone is 4. The lowest BCUT2D eigenvalue weighted by Gasteiger charge is -2.62. The van der Waals surface area contributed by atoms with E-state index in [1.807, 2.05) is 6.92 Å². The first-order valence-electron chi connectivity index (χ1n) is 11.2. The zero-order chi connectivity index (χ0) is 22.6. The number of ketones is 2. The summed E-state index contributed by atoms with van der Waals surface area (Å²) in [7, 11) is 0. The van der Waals surface area contributed by atoms with Crippen molar-refractivity contribution in [2.75, 3.05) is 6.61 Å². The summed E-state index contributed by atoms with van der Waals surface area (Å²) >= 11 is 0. The minimum atomic E-state index is -1.98. The summed E-state index contributed by atoms with van der Waals surface area (Å²) in [6.45, 7) is 6.41. The van der Waals surface area contributed by atoms with E-state index in [9.17, 15) is 19.8 Å². The zero-order valence-electron chi connectivity index (χ0n) is 18.5. The average molecular weight is 437 g/mol. The summed E-state index contributed by atoms with van der Waals surface area (Å²) in [5.41, 5.74) is -4.66. The molecule has 170 valence electrons. The second kappa shape index (κ2) is 6.13. The van der Waals surface area contributed by atoms with Gasteiger partial charge in [-0.1, -0.05) is 18.6 Å². The Balaban J connectivity index is 1.64. The molecule has 1 unspecified atom stereocenters. The molecule has 3 saturated carbocycles. The molecule has 5 rings (SSSR count). The maximum atomic E-state index is 17.1. The smallest absolute Gasteiger partial charge is 0.193 e. The first kappa shape index (κ1) is 21.4. The maximum Gasteiger partial charge on any atom is 0.193 e. The predicted molar refractivity (Wildman–Crippen MR) is 109 cm³/mol. The Morgan fingerprint density at radius 2 is 1.97 bits per heavy atom. The molecule has 2 N–H and O–H groups in total. The van der Waals surface area contributed by atoms with Crippen LogP contribution in [0.2, 0.25) is 0 Å². The van der Waals surface area contributed by atoms with Gasteiger partial charge in [-0.2, -0.15) is 0 Å². The number of alkyl halides is 1. The summed E-state index contributed by atoms with van der Waals surface area (Å²) in [6, 6.07) is 0. The molecule has 0 amide bonds. The van der Waals surface area contributed by atoms with Gasteiger partial charge in [0, 0.05) is 16.7 Å². The van der Waals surface area contributed by atoms with Gasteiger partial charge in [0.2, 0.25) is 0 Å². The highest BCUT2D eigenvalue weighted by Gasteiger charge is 2.79. The topological polar surface area (TPSA) is 93.1 Å². The summed E-state index contributed by atoms with van der Waals surface area (Å²) < 4.78 is 29.5. The lowest BCUT2D eigenvalue weighted by molar-refractivity contribution is -0.246. The molecule has 31 heavy (non-hydrogen) atoms. The van der Waals surface area contributed by atoms with Crippen molar-refractivity contribution in [3.8, 4) is 0 Å². The third-order valence-electron chi connectivity index (χ3n) is 9.19. The summed E-state index contributed by atoms with van der Waals surface area (Å²) in [5, 5.41) is 21.2. The molecule has 0 radical (unpaired) electrons. The average Bonchev–Trinajstić information content (AvgIpc) is 3.09. The molecule has 0 spiro atoms. The van der Waals surface area contributed by atoms with Gasteiger partial charge in [-0.15, -0.1) is 0 Å². The van der Waals surface area contributed by atoms with Crippen LogP contribution in [0.15, 0.2) is 23.8 Å². The van der Waals surface area contributed by atoms with Crippen molar-refractivity contribution in [2.24, 2.45) is 22.7 Å². The summed E-state index contributed by atoms with van der Waals surface area (Å²) in [5.74, 6) is -2.46. The van der Waals surface area contributed by atoms with E-state index in [4.69, 9.17) is 9.47 Å². The maximum absolute atomic E-state index is 17.1. The Labute approximate surface area is 181 Å². The first-order valence-corrected chi connectivity index (χ1v) is 11.2. The number of hydrogen-bond acceptors (Lipinski definition) is 6. The van der Waals surface area contributed by atoms with Gasteiger partial charge in [-0.25, -0.2) is 4.39 Å². The Bertz CT molecular complexity index is 925. The van der Waals surface area contributed by atoms with E-state index >= 15 is 4.39 Å². The lowest BCUT2D eigenvalue weighted by Crippen LogP contribution is -2.70. The number of aliphatic hydroxyl groups is 2. The molecular formula is C24H31FO6. The van der Waals surface area contributed by atoms with Crippen LogP contribution in [0.25, 0.3) is 0 Å². The molecule has 4 aliphatic carbocycles. The molecule has 5 aliphatic rings. The molecule has 0 aromatic heterocycles. The van der Waals surface area contributed by atoms with Crippen LogP contribution in [0.4, 0.5) is 4.39 Å². The van der Waals surface area contributed by atoms with E-state index in [1.54, 1.807) is 26.8 Å². The highest BCUT2D eigenvalue weighted by atomic mass is 19.1. The Morgan fingerprint density at radius 1 is 1.26 bits per heavy atom. The van der Waals surface area contributed by atoms with Crippen LogP contribution in [0.1, 0.15) is 53.4 Å². The van der Waals surface area contributed by atoms with Crippen molar-refractivity contribution >= 4 is 11.6 Å². The second-order valence-electron chi connectivity index (χ2n) is 10.9. The van der Waals surface area contributed by atoms with Gasteiger partial charge in [0.05, 0.1) is 12.2 Å². The van der Waals surface area contributed by atoms with Gasteiger partial charge in [-0.3, -0.25) is 9.59 Å². The van der Waals surface area contributed by atoms with Crippen LogP contribution in [0.5, 0.6) is 0 Å². The third kappa shape index (κ3) is 2.31. The van der Waals surface area contributed by atoms with E-state index in [1.165, 1.54) is 12.2 Å². The second-order valence-corrected chi connectivity index (χ2v) is 10.9. The van der Waals surface area contributed by atoms with Crippen LogP contribution < -0.4 is 0 Å². The van der Waals surface area contributed by atoms with Gasteiger partial charge < -0.3 is 19.7 Å². The van der Waals surface area contributed by atoms with Crippen LogP contribution >= 0.6 is 0 Å². The van der Waals surface area contributed by atoms with Gasteiger partial charge >= 0.3 is 0 Å². The van der Waals surface area contributed by atoms with Crippen LogP contribution in [0, 0.1) is 22.7 Å². The number of ether oxygens (including phenoxy) is 2. The minimum Gasteiger partial charge on any atom is -0.390 e. The van der Waals surface area contributed by atoms with E-state index in [2.05, 4.69) is 0 Å². The summed E-state index contributed by atoms with van der Waals surface area (Å²) in [6.07, 6.45) is 4.00. The summed E-state index contributed by atoms with van der Waals surface area (Å²) in [4.78, 5) is 25.1. The number of carbonyl (C=O) groups excluding carboxylic acids is 2. The number of rotatable bonds is 2. The first-order chi connectivity index (χ1) is 14.4. The van der Waals surface area contributed by atoms with Crippen molar-refractivity contribution < 1.29 is 33.7 Å². The van der Waals surface area contributed by atoms with Gasteiger partial charge in [0.15, 0.2) is 28.6 Å². The van der Waals surface area contributed by atoms with E-state index in [-0.39, 0.29) is 18.1 Å². The molecule has 7 heteroatoms. The molecule has 1 saturated heterocycles. The number of Topliss-reactive ketones (excluding diaryl/α,β-unsaturated/α-hetero) is 1. The molecule has 8 atom stereocenters. The van der Waals surface area contributed by atoms with Crippen LogP contribution in [-0.2, 0) is 19.1 Å². The van der Waals surface area contributed by atoms with Crippen molar-refractivity contribution in [2.45, 2.75) is 82.6 Å². The van der Waals surface area contributed by atoms with Crippen molar-refractivity contribution in [3.63, 3.8) is 0 Å². The van der Waals surface area contributed by atoms with Crippen molar-refractivity contribution in [1.82, 2.24) is 0 Å². The monoisotopic (exact) mass is 437 g/mol. The fourth-order valence-corrected chi connectivity index (χ4v) is 7.93. The normalized spacial score (nSPS) is 52.1. The lowest BCUT2D eigenvalue weighted by atomic mass is 9.44. The van der Waals surface area contributed by atoms with E-state index in [0.29, 0.717) is 19.3 Å². The largest absolute Gasteiger partial charge is 0.390 e. The molecule has 0 aromatic carbocycles. The SMILES string of the molecule is C[C@]12C[C@H](O)[C@@]3(F)[C@@H](CCC4=CC(=O)C=C[C@@]43C)[C@@H]1C[C@H]1O[13C]([13CH3])([13CH3])OC12C(=O)CO. The number of hydrogen-bond donors (Lipinski definition) is 2. The molecule has 4 fully saturated rings. The Hall–Kier alpha value is -1.41. The molecular weight excluding hydrogens is 406 g/mol. The fourth-order valence-electron chi connectivity index (χ4n) is 7.93. The van der Waals surface area contributed by atoms with Crippen LogP contribution in [-0.4, -0.2) is 57.7 Å². The van der Waals surface area contributed by atoms with Gasteiger partial charge in [0.1, 0.15) is 6.61 Å². The predicted octanol–water partition coefficient (Wildman–Crippen LogP) is 2.42. The number of fused-ring (bicyclic) bond motifs is 7. The number of aliphatic hydroxyl groups excluding tert-OH is 2. The molecule has 1 heterocycles. The van der Waals surface area contributed by atoms with Crippen molar-refractivity contribution in [3.05, 3.63) is 23.8 Å². The fraction of sp³-hybridized carbons (Fsp3) is 0.750. The zero-order valence-corrected chi connectivity index (χ0v) is 18.5. The quantitative estimate of drug-likeness (QED) is 0.645. The molecule has 1 aliphatic heterocycles. The third-order valence-corrected chi connectivity index (χ3v) is 9.19. The molecule has 6 nitrogen and oxygen atoms in total. The highest BCUT2D eigenvalue weighted by Crippen LogP contribution is 2.72. The van der Waals surface area contributed by atoms with Crippen molar-refractivity contribution in [1.29, 1.82) is 0 Å². The van der Waals surface area contributed by atoms with E-state index < -0.39 is 58.4 Å². The highest BCUT2D eigenvalue weighted by molar-refractivity contribution is 6.01. The Morgan fingerprint density at radius 3 is 2.65 bits per heavy atom. The number of halogens is 1. The minimum absolute atomic E-state index is 0.0109. The Kier molecular flexibility index (Phi) is 4.24.